The fourth-order valence-corrected chi connectivity index (χ4v) is 3.53. The van der Waals surface area contributed by atoms with Gasteiger partial charge in [0.05, 0.1) is 0 Å². The summed E-state index contributed by atoms with van der Waals surface area (Å²) in [6.45, 7) is 12.1. The molecule has 0 radical (unpaired) electrons. The topological polar surface area (TPSA) is 32.7 Å². The van der Waals surface area contributed by atoms with Crippen LogP contribution in [0.1, 0.15) is 59.4 Å². The molecule has 1 fully saturated rings. The first kappa shape index (κ1) is 21.3. The lowest BCUT2D eigenvalue weighted by molar-refractivity contribution is 0.0206. The highest BCUT2D eigenvalue weighted by molar-refractivity contribution is 5.85. The van der Waals surface area contributed by atoms with Gasteiger partial charge < -0.3 is 9.84 Å². The molecular formula is C20H34ClNO2. The number of benzene rings is 1. The highest BCUT2D eigenvalue weighted by atomic mass is 35.5. The Balaban J connectivity index is 0.00000288. The van der Waals surface area contributed by atoms with Gasteiger partial charge in [0.2, 0.25) is 0 Å². The van der Waals surface area contributed by atoms with E-state index >= 15 is 0 Å². The lowest BCUT2D eigenvalue weighted by Gasteiger charge is -2.40. The number of rotatable bonds is 5. The zero-order valence-electron chi connectivity index (χ0n) is 15.8. The predicted molar refractivity (Wildman–Crippen MR) is 103 cm³/mol. The zero-order valence-corrected chi connectivity index (χ0v) is 16.6. The first-order chi connectivity index (χ1) is 10.8. The summed E-state index contributed by atoms with van der Waals surface area (Å²) in [7, 11) is 0. The number of aliphatic hydroxyl groups excluding tert-OH is 1. The second-order valence-corrected chi connectivity index (χ2v) is 8.04. The second-order valence-electron chi connectivity index (χ2n) is 8.04. The van der Waals surface area contributed by atoms with Crippen LogP contribution in [0.4, 0.5) is 0 Å². The molecule has 138 valence electrons. The summed E-state index contributed by atoms with van der Waals surface area (Å²) >= 11 is 0. The predicted octanol–water partition coefficient (Wildman–Crippen LogP) is 4.41. The number of para-hydroxylation sites is 1. The molecule has 2 rings (SSSR count). The summed E-state index contributed by atoms with van der Waals surface area (Å²) in [5.41, 5.74) is 1.23. The Bertz CT molecular complexity index is 491. The number of piperidine rings is 1. The average Bonchev–Trinajstić information content (AvgIpc) is 2.48. The van der Waals surface area contributed by atoms with Crippen molar-refractivity contribution in [3.63, 3.8) is 0 Å². The van der Waals surface area contributed by atoms with Gasteiger partial charge in [0.15, 0.2) is 0 Å². The number of halogens is 1. The maximum absolute atomic E-state index is 10.4. The van der Waals surface area contributed by atoms with Crippen molar-refractivity contribution in [3.05, 3.63) is 29.8 Å². The Hall–Kier alpha value is -0.770. The van der Waals surface area contributed by atoms with Crippen LogP contribution in [-0.4, -0.2) is 41.3 Å². The quantitative estimate of drug-likeness (QED) is 0.849. The first-order valence-electron chi connectivity index (χ1n) is 8.95. The molecule has 0 saturated carbocycles. The maximum Gasteiger partial charge on any atom is 0.123 e. The minimum absolute atomic E-state index is 0. The van der Waals surface area contributed by atoms with Gasteiger partial charge in [0.25, 0.3) is 0 Å². The summed E-state index contributed by atoms with van der Waals surface area (Å²) in [6, 6.07) is 9.24. The molecule has 4 heteroatoms. The molecule has 0 bridgehead atoms. The highest BCUT2D eigenvalue weighted by Gasteiger charge is 2.27. The third kappa shape index (κ3) is 5.65. The first-order valence-corrected chi connectivity index (χ1v) is 8.95. The van der Waals surface area contributed by atoms with Crippen molar-refractivity contribution in [2.75, 3.05) is 13.2 Å². The van der Waals surface area contributed by atoms with Gasteiger partial charge in [0, 0.05) is 18.6 Å². The SMILES string of the molecule is CC1CCCC(C)N1CC(O)COc1ccccc1C(C)(C)C.Cl. The number of nitrogens with zero attached hydrogens (tertiary/aromatic N) is 1. The molecule has 1 N–H and O–H groups in total. The standard InChI is InChI=1S/C20H33NO2.ClH/c1-15-9-8-10-16(2)21(15)13-17(22)14-23-19-12-7-6-11-18(19)20(3,4)5;/h6-7,11-12,15-17,22H,8-10,13-14H2,1-5H3;1H. The van der Waals surface area contributed by atoms with Gasteiger partial charge in [0.1, 0.15) is 18.5 Å². The van der Waals surface area contributed by atoms with Crippen LogP contribution >= 0.6 is 12.4 Å². The van der Waals surface area contributed by atoms with Gasteiger partial charge in [-0.2, -0.15) is 0 Å². The molecule has 0 spiro atoms. The maximum atomic E-state index is 10.4. The molecule has 0 aliphatic carbocycles. The van der Waals surface area contributed by atoms with Crippen LogP contribution in [-0.2, 0) is 5.41 Å². The minimum Gasteiger partial charge on any atom is -0.491 e. The number of likely N-dealkylation sites (tertiary alicyclic amines) is 1. The lowest BCUT2D eigenvalue weighted by atomic mass is 9.86. The summed E-state index contributed by atoms with van der Waals surface area (Å²) in [5.74, 6) is 0.888. The Morgan fingerprint density at radius 3 is 2.33 bits per heavy atom. The third-order valence-electron chi connectivity index (χ3n) is 4.92. The van der Waals surface area contributed by atoms with Gasteiger partial charge in [-0.15, -0.1) is 12.4 Å². The van der Waals surface area contributed by atoms with Crippen LogP contribution in [0.2, 0.25) is 0 Å². The smallest absolute Gasteiger partial charge is 0.123 e. The number of aliphatic hydroxyl groups is 1. The molecule has 3 unspecified atom stereocenters. The van der Waals surface area contributed by atoms with E-state index in [1.807, 2.05) is 18.2 Å². The largest absolute Gasteiger partial charge is 0.491 e. The summed E-state index contributed by atoms with van der Waals surface area (Å²) in [6.07, 6.45) is 3.30. The average molecular weight is 356 g/mol. The highest BCUT2D eigenvalue weighted by Crippen LogP contribution is 2.31. The molecule has 1 aliphatic rings. The van der Waals surface area contributed by atoms with Gasteiger partial charge in [-0.1, -0.05) is 45.4 Å². The van der Waals surface area contributed by atoms with Gasteiger partial charge in [-0.25, -0.2) is 0 Å². The van der Waals surface area contributed by atoms with Crippen LogP contribution in [0.15, 0.2) is 24.3 Å². The molecule has 1 saturated heterocycles. The van der Waals surface area contributed by atoms with Crippen molar-refractivity contribution in [1.29, 1.82) is 0 Å². The molecule has 3 atom stereocenters. The van der Waals surface area contributed by atoms with E-state index in [-0.39, 0.29) is 17.8 Å². The van der Waals surface area contributed by atoms with Crippen molar-refractivity contribution in [2.24, 2.45) is 0 Å². The molecule has 1 heterocycles. The molecule has 3 nitrogen and oxygen atoms in total. The molecule has 0 amide bonds. The van der Waals surface area contributed by atoms with Crippen molar-refractivity contribution in [3.8, 4) is 5.75 Å². The number of hydrogen-bond donors (Lipinski definition) is 1. The molecule has 1 aromatic carbocycles. The van der Waals surface area contributed by atoms with Crippen LogP contribution in [0.25, 0.3) is 0 Å². The Labute approximate surface area is 153 Å². The number of β-amino-alcohol motifs (C(OH)–C–C–N with tert-alkyl or cyclic N) is 1. The van der Waals surface area contributed by atoms with E-state index in [1.54, 1.807) is 0 Å². The van der Waals surface area contributed by atoms with Crippen LogP contribution in [0, 0.1) is 0 Å². The van der Waals surface area contributed by atoms with E-state index in [9.17, 15) is 5.11 Å². The molecule has 24 heavy (non-hydrogen) atoms. The summed E-state index contributed by atoms with van der Waals surface area (Å²) in [4.78, 5) is 2.42. The van der Waals surface area contributed by atoms with E-state index in [2.05, 4.69) is 45.6 Å². The van der Waals surface area contributed by atoms with E-state index in [0.29, 0.717) is 25.2 Å². The van der Waals surface area contributed by atoms with Gasteiger partial charge in [-0.3, -0.25) is 4.90 Å². The van der Waals surface area contributed by atoms with E-state index in [0.717, 1.165) is 5.75 Å². The minimum atomic E-state index is -0.453. The van der Waals surface area contributed by atoms with E-state index in [4.69, 9.17) is 4.74 Å². The third-order valence-corrected chi connectivity index (χ3v) is 4.92. The fraction of sp³-hybridized carbons (Fsp3) is 0.700. The van der Waals surface area contributed by atoms with E-state index in [1.165, 1.54) is 24.8 Å². The van der Waals surface area contributed by atoms with Crippen molar-refractivity contribution >= 4 is 12.4 Å². The molecule has 1 aliphatic heterocycles. The second kappa shape index (κ2) is 9.07. The fourth-order valence-electron chi connectivity index (χ4n) is 3.53. The normalized spacial score (nSPS) is 23.4. The Morgan fingerprint density at radius 1 is 1.17 bits per heavy atom. The zero-order chi connectivity index (χ0) is 17.0. The van der Waals surface area contributed by atoms with Gasteiger partial charge >= 0.3 is 0 Å². The molecular weight excluding hydrogens is 322 g/mol. The summed E-state index contributed by atoms with van der Waals surface area (Å²) < 4.78 is 5.96. The van der Waals surface area contributed by atoms with Crippen molar-refractivity contribution < 1.29 is 9.84 Å². The molecule has 1 aromatic rings. The lowest BCUT2D eigenvalue weighted by Crippen LogP contribution is -2.48. The number of ether oxygens (including phenoxy) is 1. The molecule has 0 aromatic heterocycles. The van der Waals surface area contributed by atoms with Crippen molar-refractivity contribution in [2.45, 2.75) is 77.5 Å². The van der Waals surface area contributed by atoms with Crippen LogP contribution in [0.3, 0.4) is 0 Å². The number of hydrogen-bond acceptors (Lipinski definition) is 3. The van der Waals surface area contributed by atoms with Crippen molar-refractivity contribution in [1.82, 2.24) is 4.90 Å². The Kier molecular flexibility index (Phi) is 8.04. The van der Waals surface area contributed by atoms with E-state index < -0.39 is 6.10 Å². The van der Waals surface area contributed by atoms with Gasteiger partial charge in [-0.05, 0) is 43.7 Å². The van der Waals surface area contributed by atoms with Crippen LogP contribution < -0.4 is 4.74 Å². The Morgan fingerprint density at radius 2 is 1.75 bits per heavy atom. The summed E-state index contributed by atoms with van der Waals surface area (Å²) in [5, 5.41) is 10.4. The monoisotopic (exact) mass is 355 g/mol. The van der Waals surface area contributed by atoms with Crippen LogP contribution in [0.5, 0.6) is 5.75 Å².